The first kappa shape index (κ1) is 13.7. The van der Waals surface area contributed by atoms with E-state index in [0.717, 1.165) is 18.9 Å². The molecule has 2 nitrogen and oxygen atoms in total. The largest absolute Gasteiger partial charge is 0.314 e. The fraction of sp³-hybridized carbons (Fsp3) is 0.769. The van der Waals surface area contributed by atoms with Crippen molar-refractivity contribution >= 4 is 11.3 Å². The highest BCUT2D eigenvalue weighted by Gasteiger charge is 2.13. The molecule has 16 heavy (non-hydrogen) atoms. The molecule has 1 rings (SSSR count). The van der Waals surface area contributed by atoms with Gasteiger partial charge in [0, 0.05) is 17.8 Å². The molecule has 1 aromatic rings. The fourth-order valence-corrected chi connectivity index (χ4v) is 2.56. The Morgan fingerprint density at radius 2 is 2.19 bits per heavy atom. The van der Waals surface area contributed by atoms with Crippen LogP contribution >= 0.6 is 11.3 Å². The van der Waals surface area contributed by atoms with Crippen molar-refractivity contribution < 1.29 is 0 Å². The van der Waals surface area contributed by atoms with Gasteiger partial charge in [-0.3, -0.25) is 0 Å². The second-order valence-corrected chi connectivity index (χ2v) is 5.63. The van der Waals surface area contributed by atoms with Gasteiger partial charge in [0.1, 0.15) is 0 Å². The van der Waals surface area contributed by atoms with Gasteiger partial charge in [0.25, 0.3) is 0 Å². The number of hydrogen-bond acceptors (Lipinski definition) is 3. The number of nitrogens with one attached hydrogen (secondary N) is 1. The van der Waals surface area contributed by atoms with Crippen molar-refractivity contribution in [1.29, 1.82) is 0 Å². The van der Waals surface area contributed by atoms with Crippen LogP contribution < -0.4 is 5.32 Å². The van der Waals surface area contributed by atoms with Gasteiger partial charge in [0.15, 0.2) is 0 Å². The molecule has 0 aliphatic heterocycles. The van der Waals surface area contributed by atoms with Crippen LogP contribution in [-0.4, -0.2) is 17.6 Å². The molecule has 0 saturated heterocycles. The van der Waals surface area contributed by atoms with Crippen molar-refractivity contribution in [3.05, 3.63) is 16.1 Å². The zero-order valence-electron chi connectivity index (χ0n) is 10.9. The van der Waals surface area contributed by atoms with Gasteiger partial charge in [0.2, 0.25) is 0 Å². The maximum atomic E-state index is 4.54. The van der Waals surface area contributed by atoms with E-state index < -0.39 is 0 Å². The van der Waals surface area contributed by atoms with Gasteiger partial charge >= 0.3 is 0 Å². The Labute approximate surface area is 103 Å². The van der Waals surface area contributed by atoms with Crippen LogP contribution in [0.5, 0.6) is 0 Å². The van der Waals surface area contributed by atoms with Crippen molar-refractivity contribution in [2.45, 2.75) is 53.0 Å². The van der Waals surface area contributed by atoms with Crippen LogP contribution in [-0.2, 0) is 6.42 Å². The molecule has 2 atom stereocenters. The summed E-state index contributed by atoms with van der Waals surface area (Å²) in [4.78, 5) is 4.54. The molecule has 92 valence electrons. The van der Waals surface area contributed by atoms with E-state index in [9.17, 15) is 0 Å². The zero-order chi connectivity index (χ0) is 12.0. The average molecular weight is 240 g/mol. The second kappa shape index (κ2) is 7.02. The van der Waals surface area contributed by atoms with Gasteiger partial charge in [-0.25, -0.2) is 4.98 Å². The third kappa shape index (κ3) is 4.62. The van der Waals surface area contributed by atoms with E-state index in [1.165, 1.54) is 23.5 Å². The lowest BCUT2D eigenvalue weighted by Crippen LogP contribution is -2.32. The molecule has 0 aliphatic carbocycles. The minimum absolute atomic E-state index is 0.585. The lowest BCUT2D eigenvalue weighted by Gasteiger charge is -2.20. The standard InChI is InChI=1S/C13H24N2S/c1-5-10(3)7-12(14-6-2)8-13-9-16-11(4)15-13/h9-10,12,14H,5-8H2,1-4H3. The third-order valence-electron chi connectivity index (χ3n) is 3.00. The van der Waals surface area contributed by atoms with Crippen molar-refractivity contribution in [2.24, 2.45) is 5.92 Å². The molecule has 0 saturated carbocycles. The van der Waals surface area contributed by atoms with Gasteiger partial charge < -0.3 is 5.32 Å². The Morgan fingerprint density at radius 1 is 1.44 bits per heavy atom. The topological polar surface area (TPSA) is 24.9 Å². The van der Waals surface area contributed by atoms with Gasteiger partial charge in [-0.05, 0) is 25.8 Å². The molecule has 0 radical (unpaired) electrons. The Kier molecular flexibility index (Phi) is 5.99. The van der Waals surface area contributed by atoms with Gasteiger partial charge in [0.05, 0.1) is 10.7 Å². The minimum atomic E-state index is 0.585. The van der Waals surface area contributed by atoms with E-state index in [-0.39, 0.29) is 0 Å². The van der Waals surface area contributed by atoms with Crippen LogP contribution in [0, 0.1) is 12.8 Å². The van der Waals surface area contributed by atoms with E-state index >= 15 is 0 Å². The van der Waals surface area contributed by atoms with Crippen molar-refractivity contribution in [1.82, 2.24) is 10.3 Å². The maximum absolute atomic E-state index is 4.54. The summed E-state index contributed by atoms with van der Waals surface area (Å²) in [6.07, 6.45) is 3.58. The lowest BCUT2D eigenvalue weighted by atomic mass is 9.96. The molecule has 0 spiro atoms. The molecule has 0 fully saturated rings. The van der Waals surface area contributed by atoms with Gasteiger partial charge in [-0.2, -0.15) is 0 Å². The number of aromatic nitrogens is 1. The molecule has 1 heterocycles. The van der Waals surface area contributed by atoms with Gasteiger partial charge in [-0.15, -0.1) is 11.3 Å². The van der Waals surface area contributed by atoms with Crippen molar-refractivity contribution in [3.63, 3.8) is 0 Å². The first-order chi connectivity index (χ1) is 7.65. The van der Waals surface area contributed by atoms with Crippen molar-refractivity contribution in [2.75, 3.05) is 6.54 Å². The van der Waals surface area contributed by atoms with Crippen LogP contribution in [0.2, 0.25) is 0 Å². The van der Waals surface area contributed by atoms with Crippen LogP contribution in [0.15, 0.2) is 5.38 Å². The Bertz CT molecular complexity index is 296. The molecule has 0 aromatic carbocycles. The fourth-order valence-electron chi connectivity index (χ4n) is 1.93. The average Bonchev–Trinajstić information content (AvgIpc) is 2.64. The van der Waals surface area contributed by atoms with E-state index in [4.69, 9.17) is 0 Å². The molecule has 1 N–H and O–H groups in total. The Balaban J connectivity index is 2.50. The first-order valence-electron chi connectivity index (χ1n) is 6.30. The van der Waals surface area contributed by atoms with E-state index in [1.807, 2.05) is 0 Å². The zero-order valence-corrected chi connectivity index (χ0v) is 11.7. The lowest BCUT2D eigenvalue weighted by molar-refractivity contribution is 0.395. The number of likely N-dealkylation sites (N-methyl/N-ethyl adjacent to an activating group) is 1. The number of thiazole rings is 1. The summed E-state index contributed by atoms with van der Waals surface area (Å²) in [6, 6.07) is 0.585. The molecule has 2 unspecified atom stereocenters. The van der Waals surface area contributed by atoms with Crippen LogP contribution in [0.1, 0.15) is 44.3 Å². The quantitative estimate of drug-likeness (QED) is 0.790. The SMILES string of the molecule is CCNC(Cc1csc(C)n1)CC(C)CC. The summed E-state index contributed by atoms with van der Waals surface area (Å²) in [5.74, 6) is 0.795. The summed E-state index contributed by atoms with van der Waals surface area (Å²) < 4.78 is 0. The predicted molar refractivity (Wildman–Crippen MR) is 72.1 cm³/mol. The Morgan fingerprint density at radius 3 is 2.69 bits per heavy atom. The van der Waals surface area contributed by atoms with Gasteiger partial charge in [-0.1, -0.05) is 27.2 Å². The number of nitrogens with zero attached hydrogens (tertiary/aromatic N) is 1. The number of hydrogen-bond donors (Lipinski definition) is 1. The monoisotopic (exact) mass is 240 g/mol. The van der Waals surface area contributed by atoms with Crippen LogP contribution in [0.4, 0.5) is 0 Å². The van der Waals surface area contributed by atoms with E-state index in [1.54, 1.807) is 11.3 Å². The van der Waals surface area contributed by atoms with Crippen LogP contribution in [0.25, 0.3) is 0 Å². The highest BCUT2D eigenvalue weighted by molar-refractivity contribution is 7.09. The molecule has 1 aromatic heterocycles. The highest BCUT2D eigenvalue weighted by atomic mass is 32.1. The Hall–Kier alpha value is -0.410. The smallest absolute Gasteiger partial charge is 0.0897 e. The molecule has 0 amide bonds. The third-order valence-corrected chi connectivity index (χ3v) is 3.82. The summed E-state index contributed by atoms with van der Waals surface area (Å²) >= 11 is 1.75. The highest BCUT2D eigenvalue weighted by Crippen LogP contribution is 2.15. The number of rotatable bonds is 7. The summed E-state index contributed by atoms with van der Waals surface area (Å²) in [5, 5.41) is 6.94. The summed E-state index contributed by atoms with van der Waals surface area (Å²) in [6.45, 7) is 9.89. The predicted octanol–water partition coefficient (Wildman–Crippen LogP) is 3.41. The van der Waals surface area contributed by atoms with E-state index in [2.05, 4.69) is 43.4 Å². The second-order valence-electron chi connectivity index (χ2n) is 4.57. The normalized spacial score (nSPS) is 15.0. The molecule has 3 heteroatoms. The molecule has 0 aliphatic rings. The summed E-state index contributed by atoms with van der Waals surface area (Å²) in [7, 11) is 0. The van der Waals surface area contributed by atoms with Crippen molar-refractivity contribution in [3.8, 4) is 0 Å². The first-order valence-corrected chi connectivity index (χ1v) is 7.18. The molecule has 0 bridgehead atoms. The molecular formula is C13H24N2S. The van der Waals surface area contributed by atoms with Crippen LogP contribution in [0.3, 0.4) is 0 Å². The minimum Gasteiger partial charge on any atom is -0.314 e. The molecular weight excluding hydrogens is 216 g/mol. The summed E-state index contributed by atoms with van der Waals surface area (Å²) in [5.41, 5.74) is 1.25. The number of aryl methyl sites for hydroxylation is 1. The van der Waals surface area contributed by atoms with E-state index in [0.29, 0.717) is 6.04 Å². The maximum Gasteiger partial charge on any atom is 0.0897 e.